The lowest BCUT2D eigenvalue weighted by molar-refractivity contribution is -0.142. The summed E-state index contributed by atoms with van der Waals surface area (Å²) in [5.74, 6) is 0.907. The maximum absolute atomic E-state index is 13.8. The Balaban J connectivity index is 1.60. The zero-order valence-corrected chi connectivity index (χ0v) is 21.8. The normalized spacial score (nSPS) is 15.4. The van der Waals surface area contributed by atoms with E-state index in [1.807, 2.05) is 33.8 Å². The highest BCUT2D eigenvalue weighted by Gasteiger charge is 2.34. The lowest BCUT2D eigenvalue weighted by atomic mass is 10.0. The van der Waals surface area contributed by atoms with Crippen molar-refractivity contribution in [2.45, 2.75) is 45.8 Å². The van der Waals surface area contributed by atoms with Crippen molar-refractivity contribution < 1.29 is 18.7 Å². The second-order valence-electron chi connectivity index (χ2n) is 10.0. The smallest absolute Gasteiger partial charge is 0.247 e. The van der Waals surface area contributed by atoms with E-state index in [-0.39, 0.29) is 24.2 Å². The first-order valence-electron chi connectivity index (χ1n) is 12.4. The number of morpholine rings is 1. The molecule has 0 aliphatic carbocycles. The highest BCUT2D eigenvalue weighted by atomic mass is 16.5. The molecule has 12 heteroatoms. The quantitative estimate of drug-likeness (QED) is 0.454. The third-order valence-electron chi connectivity index (χ3n) is 5.85. The van der Waals surface area contributed by atoms with Gasteiger partial charge in [0.1, 0.15) is 18.3 Å². The number of nitrogens with zero attached hydrogens (tertiary/aromatic N) is 7. The van der Waals surface area contributed by atoms with Gasteiger partial charge in [-0.2, -0.15) is 4.80 Å². The van der Waals surface area contributed by atoms with Gasteiger partial charge in [0.05, 0.1) is 13.2 Å². The van der Waals surface area contributed by atoms with Gasteiger partial charge in [0, 0.05) is 44.1 Å². The summed E-state index contributed by atoms with van der Waals surface area (Å²) in [4.78, 5) is 36.5. The van der Waals surface area contributed by atoms with Crippen LogP contribution in [0.5, 0.6) is 0 Å². The van der Waals surface area contributed by atoms with E-state index in [0.717, 1.165) is 18.8 Å². The van der Waals surface area contributed by atoms with Gasteiger partial charge in [0.2, 0.25) is 17.6 Å². The minimum atomic E-state index is -0.855. The van der Waals surface area contributed by atoms with E-state index in [2.05, 4.69) is 30.6 Å². The van der Waals surface area contributed by atoms with Crippen LogP contribution in [0.2, 0.25) is 0 Å². The van der Waals surface area contributed by atoms with Crippen LogP contribution in [-0.4, -0.2) is 91.7 Å². The lowest BCUT2D eigenvalue weighted by Gasteiger charge is -2.35. The Morgan fingerprint density at radius 2 is 1.86 bits per heavy atom. The Morgan fingerprint density at radius 1 is 1.14 bits per heavy atom. The summed E-state index contributed by atoms with van der Waals surface area (Å²) in [7, 11) is 0. The zero-order chi connectivity index (χ0) is 26.4. The predicted molar refractivity (Wildman–Crippen MR) is 134 cm³/mol. The first-order chi connectivity index (χ1) is 17.7. The largest absolute Gasteiger partial charge is 0.458 e. The Morgan fingerprint density at radius 3 is 2.51 bits per heavy atom. The molecule has 198 valence electrons. The van der Waals surface area contributed by atoms with Crippen LogP contribution in [0.1, 0.15) is 38.1 Å². The molecule has 37 heavy (non-hydrogen) atoms. The molecule has 4 heterocycles. The number of aromatic nitrogens is 5. The zero-order valence-electron chi connectivity index (χ0n) is 21.8. The molecule has 0 saturated carbocycles. The molecule has 1 fully saturated rings. The number of nitrogens with one attached hydrogen (secondary N) is 1. The Hall–Kier alpha value is -3.64. The van der Waals surface area contributed by atoms with Crippen LogP contribution < -0.4 is 5.32 Å². The fraction of sp³-hybridized carbons (Fsp3) is 0.520. The van der Waals surface area contributed by atoms with Crippen LogP contribution in [0.4, 0.5) is 0 Å². The molecule has 1 aliphatic heterocycles. The van der Waals surface area contributed by atoms with Gasteiger partial charge in [-0.1, -0.05) is 0 Å². The summed E-state index contributed by atoms with van der Waals surface area (Å²) in [6.45, 7) is 11.1. The molecule has 3 aromatic heterocycles. The highest BCUT2D eigenvalue weighted by molar-refractivity contribution is 5.89. The number of hydrogen-bond donors (Lipinski definition) is 1. The highest BCUT2D eigenvalue weighted by Crippen LogP contribution is 2.23. The molecule has 4 rings (SSSR count). The number of carbonyl (C=O) groups is 2. The third kappa shape index (κ3) is 7.20. The Kier molecular flexibility index (Phi) is 8.29. The fourth-order valence-corrected chi connectivity index (χ4v) is 4.10. The number of pyridine rings is 1. The molecule has 1 saturated heterocycles. The second-order valence-corrected chi connectivity index (χ2v) is 10.0. The molecule has 1 atom stereocenters. The van der Waals surface area contributed by atoms with Gasteiger partial charge in [-0.05, 0) is 62.7 Å². The maximum atomic E-state index is 13.8. The SMILES string of the molecule is Cc1ccc(-c2nnn(CC(=O)N(CCN3CCOCC3)[C@@H](C(=O)NC(C)(C)C)c3ccncc3)n2)o1. The van der Waals surface area contributed by atoms with Gasteiger partial charge >= 0.3 is 0 Å². The van der Waals surface area contributed by atoms with Gasteiger partial charge in [0.25, 0.3) is 0 Å². The van der Waals surface area contributed by atoms with Crippen molar-refractivity contribution in [3.63, 3.8) is 0 Å². The average molecular weight is 511 g/mol. The predicted octanol–water partition coefficient (Wildman–Crippen LogP) is 1.45. The van der Waals surface area contributed by atoms with Crippen molar-refractivity contribution in [1.82, 2.24) is 40.3 Å². The fourth-order valence-electron chi connectivity index (χ4n) is 4.10. The summed E-state index contributed by atoms with van der Waals surface area (Å²) in [6.07, 6.45) is 3.24. The van der Waals surface area contributed by atoms with E-state index < -0.39 is 11.6 Å². The lowest BCUT2D eigenvalue weighted by Crippen LogP contribution is -2.52. The molecule has 0 aromatic carbocycles. The van der Waals surface area contributed by atoms with E-state index in [1.54, 1.807) is 35.5 Å². The number of aryl methyl sites for hydroxylation is 1. The number of furan rings is 1. The van der Waals surface area contributed by atoms with Crippen molar-refractivity contribution in [1.29, 1.82) is 0 Å². The van der Waals surface area contributed by atoms with Gasteiger partial charge in [0.15, 0.2) is 5.76 Å². The molecule has 12 nitrogen and oxygen atoms in total. The van der Waals surface area contributed by atoms with Crippen LogP contribution in [0, 0.1) is 6.92 Å². The van der Waals surface area contributed by atoms with Crippen LogP contribution in [-0.2, 0) is 20.9 Å². The van der Waals surface area contributed by atoms with E-state index in [4.69, 9.17) is 9.15 Å². The van der Waals surface area contributed by atoms with Gasteiger partial charge in [-0.25, -0.2) is 0 Å². The van der Waals surface area contributed by atoms with E-state index in [9.17, 15) is 9.59 Å². The average Bonchev–Trinajstić information content (AvgIpc) is 3.50. The topological polar surface area (TPSA) is 132 Å². The first-order valence-corrected chi connectivity index (χ1v) is 12.4. The van der Waals surface area contributed by atoms with Crippen molar-refractivity contribution in [2.75, 3.05) is 39.4 Å². The van der Waals surface area contributed by atoms with Crippen molar-refractivity contribution in [3.8, 4) is 11.6 Å². The number of tetrazole rings is 1. The molecular formula is C25H34N8O4. The number of carbonyl (C=O) groups excluding carboxylic acids is 2. The van der Waals surface area contributed by atoms with Crippen molar-refractivity contribution in [3.05, 3.63) is 48.0 Å². The molecule has 1 aliphatic rings. The number of hydrogen-bond acceptors (Lipinski definition) is 9. The van der Waals surface area contributed by atoms with Gasteiger partial charge in [-0.15, -0.1) is 10.2 Å². The van der Waals surface area contributed by atoms with Gasteiger partial charge < -0.3 is 19.4 Å². The summed E-state index contributed by atoms with van der Waals surface area (Å²) in [6, 6.07) is 6.22. The molecule has 0 unspecified atom stereocenters. The van der Waals surface area contributed by atoms with E-state index in [1.165, 1.54) is 4.80 Å². The summed E-state index contributed by atoms with van der Waals surface area (Å²) in [5, 5.41) is 15.4. The van der Waals surface area contributed by atoms with Crippen molar-refractivity contribution >= 4 is 11.8 Å². The van der Waals surface area contributed by atoms with Crippen molar-refractivity contribution in [2.24, 2.45) is 0 Å². The first kappa shape index (κ1) is 26.4. The minimum Gasteiger partial charge on any atom is -0.458 e. The molecule has 0 spiro atoms. The summed E-state index contributed by atoms with van der Waals surface area (Å²) >= 11 is 0. The van der Waals surface area contributed by atoms with Crippen LogP contribution >= 0.6 is 0 Å². The van der Waals surface area contributed by atoms with E-state index in [0.29, 0.717) is 37.6 Å². The molecule has 0 bridgehead atoms. The standard InChI is InChI=1S/C25H34N8O4/c1-18-5-6-20(37-18)23-28-30-33(29-23)17-21(34)32(12-11-31-13-15-36-16-14-31)22(19-7-9-26-10-8-19)24(35)27-25(2,3)4/h5-10,22H,11-17H2,1-4H3,(H,27,35)/t22-/m1/s1. The minimum absolute atomic E-state index is 0.180. The van der Waals surface area contributed by atoms with Crippen LogP contribution in [0.3, 0.4) is 0 Å². The summed E-state index contributed by atoms with van der Waals surface area (Å²) < 4.78 is 11.0. The summed E-state index contributed by atoms with van der Waals surface area (Å²) in [5.41, 5.74) is 0.190. The Bertz CT molecular complexity index is 1180. The monoisotopic (exact) mass is 510 g/mol. The number of rotatable bonds is 9. The third-order valence-corrected chi connectivity index (χ3v) is 5.85. The number of ether oxygens (including phenoxy) is 1. The maximum Gasteiger partial charge on any atom is 0.247 e. The molecule has 3 aromatic rings. The van der Waals surface area contributed by atoms with Crippen LogP contribution in [0.15, 0.2) is 41.1 Å². The molecule has 1 N–H and O–H groups in total. The van der Waals surface area contributed by atoms with Crippen LogP contribution in [0.25, 0.3) is 11.6 Å². The molecule has 0 radical (unpaired) electrons. The second kappa shape index (κ2) is 11.6. The number of amides is 2. The molecular weight excluding hydrogens is 476 g/mol. The Labute approximate surface area is 216 Å². The van der Waals surface area contributed by atoms with E-state index >= 15 is 0 Å². The van der Waals surface area contributed by atoms with Gasteiger partial charge in [-0.3, -0.25) is 19.5 Å². The molecule has 2 amide bonds.